The van der Waals surface area contributed by atoms with Crippen molar-refractivity contribution in [1.82, 2.24) is 9.78 Å². The third-order valence-corrected chi connectivity index (χ3v) is 2.09. The lowest BCUT2D eigenvalue weighted by Gasteiger charge is -2.07. The molecule has 0 fully saturated rings. The summed E-state index contributed by atoms with van der Waals surface area (Å²) >= 11 is 0. The fourth-order valence-electron chi connectivity index (χ4n) is 1.29. The molecule has 6 heteroatoms. The highest BCUT2D eigenvalue weighted by molar-refractivity contribution is 5.82. The van der Waals surface area contributed by atoms with Gasteiger partial charge in [-0.15, -0.1) is 0 Å². The van der Waals surface area contributed by atoms with Gasteiger partial charge in [-0.1, -0.05) is 0 Å². The largest absolute Gasteiger partial charge is 0.543 e. The smallest absolute Gasteiger partial charge is 0.209 e. The zero-order chi connectivity index (χ0) is 12.4. The minimum atomic E-state index is -1.65. The lowest BCUT2D eigenvalue weighted by Crippen LogP contribution is -2.31. The van der Waals surface area contributed by atoms with Crippen molar-refractivity contribution in [2.24, 2.45) is 0 Å². The van der Waals surface area contributed by atoms with E-state index < -0.39 is 22.9 Å². The molecule has 0 aliphatic heterocycles. The Hall–Kier alpha value is -2.50. The Morgan fingerprint density at radius 1 is 1.24 bits per heavy atom. The van der Waals surface area contributed by atoms with Crippen molar-refractivity contribution in [2.75, 3.05) is 0 Å². The molecule has 17 heavy (non-hydrogen) atoms. The number of rotatable bonds is 2. The van der Waals surface area contributed by atoms with Crippen molar-refractivity contribution in [3.05, 3.63) is 58.3 Å². The van der Waals surface area contributed by atoms with Crippen LogP contribution in [-0.4, -0.2) is 15.7 Å². The van der Waals surface area contributed by atoms with Crippen LogP contribution in [0.3, 0.4) is 0 Å². The second-order valence-corrected chi connectivity index (χ2v) is 3.24. The van der Waals surface area contributed by atoms with E-state index in [1.165, 1.54) is 30.5 Å². The molecule has 1 aromatic carbocycles. The Bertz CT molecular complexity index is 619. The Morgan fingerprint density at radius 2 is 1.88 bits per heavy atom. The summed E-state index contributed by atoms with van der Waals surface area (Å²) in [4.78, 5) is 21.8. The fourth-order valence-corrected chi connectivity index (χ4v) is 1.29. The minimum Gasteiger partial charge on any atom is -0.543 e. The average molecular weight is 233 g/mol. The van der Waals surface area contributed by atoms with E-state index in [4.69, 9.17) is 0 Å². The number of carbonyl (C=O) groups excluding carboxylic acids is 1. The van der Waals surface area contributed by atoms with Gasteiger partial charge in [0.15, 0.2) is 5.69 Å². The van der Waals surface area contributed by atoms with Crippen LogP contribution < -0.4 is 10.5 Å². The number of carbonyl (C=O) groups is 1. The Kier molecular flexibility index (Phi) is 2.70. The molecular weight excluding hydrogens is 227 g/mol. The van der Waals surface area contributed by atoms with Crippen molar-refractivity contribution in [1.29, 1.82) is 0 Å². The van der Waals surface area contributed by atoms with Crippen LogP contribution in [0.1, 0.15) is 10.5 Å². The number of hydrogen-bond acceptors (Lipinski definition) is 4. The van der Waals surface area contributed by atoms with E-state index in [1.807, 2.05) is 0 Å². The molecule has 0 bridgehead atoms. The summed E-state index contributed by atoms with van der Waals surface area (Å²) in [5.41, 5.74) is -0.978. The number of aromatic nitrogens is 2. The maximum atomic E-state index is 12.7. The Balaban J connectivity index is 2.53. The number of nitrogens with zero attached hydrogens (tertiary/aromatic N) is 2. The zero-order valence-electron chi connectivity index (χ0n) is 8.46. The number of hydrogen-bond donors (Lipinski definition) is 0. The summed E-state index contributed by atoms with van der Waals surface area (Å²) in [6.07, 6.45) is 1.29. The Morgan fingerprint density at radius 3 is 2.47 bits per heavy atom. The molecule has 5 nitrogen and oxygen atoms in total. The molecule has 2 rings (SSSR count). The molecule has 0 N–H and O–H groups in total. The lowest BCUT2D eigenvalue weighted by molar-refractivity contribution is -0.255. The van der Waals surface area contributed by atoms with Crippen molar-refractivity contribution < 1.29 is 14.3 Å². The van der Waals surface area contributed by atoms with Gasteiger partial charge in [0.1, 0.15) is 5.82 Å². The van der Waals surface area contributed by atoms with Gasteiger partial charge in [-0.2, -0.15) is 5.10 Å². The van der Waals surface area contributed by atoms with Crippen LogP contribution >= 0.6 is 0 Å². The van der Waals surface area contributed by atoms with Crippen molar-refractivity contribution >= 4 is 5.97 Å². The predicted molar refractivity (Wildman–Crippen MR) is 54.1 cm³/mol. The number of carboxylic acids is 1. The molecule has 86 valence electrons. The predicted octanol–water partition coefficient (Wildman–Crippen LogP) is -0.265. The SMILES string of the molecule is O=C([O-])c1nn(-c2ccc(F)cc2)ccc1=O. The Labute approximate surface area is 94.8 Å². The molecule has 0 atom stereocenters. The van der Waals surface area contributed by atoms with Gasteiger partial charge >= 0.3 is 0 Å². The number of carboxylic acid groups (broad SMARTS) is 1. The molecule has 0 amide bonds. The van der Waals surface area contributed by atoms with E-state index in [0.29, 0.717) is 5.69 Å². The van der Waals surface area contributed by atoms with Crippen LogP contribution in [0.2, 0.25) is 0 Å². The summed E-state index contributed by atoms with van der Waals surface area (Å²) in [6.45, 7) is 0. The van der Waals surface area contributed by atoms with E-state index >= 15 is 0 Å². The summed E-state index contributed by atoms with van der Waals surface area (Å²) in [6, 6.07) is 6.28. The average Bonchev–Trinajstić information content (AvgIpc) is 2.30. The summed E-state index contributed by atoms with van der Waals surface area (Å²) < 4.78 is 13.8. The number of aromatic carboxylic acids is 1. The first-order valence-corrected chi connectivity index (χ1v) is 4.65. The zero-order valence-corrected chi connectivity index (χ0v) is 8.46. The summed E-state index contributed by atoms with van der Waals surface area (Å²) in [7, 11) is 0. The number of benzene rings is 1. The van der Waals surface area contributed by atoms with Crippen molar-refractivity contribution in [2.45, 2.75) is 0 Å². The van der Waals surface area contributed by atoms with Gasteiger partial charge in [-0.3, -0.25) is 4.79 Å². The molecule has 0 unspecified atom stereocenters. The standard InChI is InChI=1S/C11H7FN2O3/c12-7-1-3-8(4-2-7)14-6-5-9(15)10(13-14)11(16)17/h1-6H,(H,16,17)/p-1. The summed E-state index contributed by atoms with van der Waals surface area (Å²) in [5, 5.41) is 14.2. The van der Waals surface area contributed by atoms with Crippen molar-refractivity contribution in [3.8, 4) is 5.69 Å². The van der Waals surface area contributed by atoms with Crippen LogP contribution in [0.5, 0.6) is 0 Å². The minimum absolute atomic E-state index is 0.421. The van der Waals surface area contributed by atoms with Crippen molar-refractivity contribution in [3.63, 3.8) is 0 Å². The molecule has 1 heterocycles. The van der Waals surface area contributed by atoms with E-state index in [1.54, 1.807) is 0 Å². The van der Waals surface area contributed by atoms with E-state index in [-0.39, 0.29) is 0 Å². The molecule has 0 aliphatic rings. The lowest BCUT2D eigenvalue weighted by atomic mass is 10.3. The van der Waals surface area contributed by atoms with Crippen LogP contribution in [0.4, 0.5) is 4.39 Å². The van der Waals surface area contributed by atoms with Gasteiger partial charge in [-0.25, -0.2) is 9.07 Å². The van der Waals surface area contributed by atoms with Crippen LogP contribution in [-0.2, 0) is 0 Å². The topological polar surface area (TPSA) is 75.0 Å². The monoisotopic (exact) mass is 233 g/mol. The highest BCUT2D eigenvalue weighted by Gasteiger charge is 2.04. The first kappa shape index (κ1) is 11.0. The molecule has 0 saturated heterocycles. The van der Waals surface area contributed by atoms with Gasteiger partial charge in [-0.05, 0) is 24.3 Å². The molecule has 0 radical (unpaired) electrons. The van der Waals surface area contributed by atoms with Gasteiger partial charge < -0.3 is 9.90 Å². The van der Waals surface area contributed by atoms with E-state index in [0.717, 1.165) is 10.7 Å². The van der Waals surface area contributed by atoms with Gasteiger partial charge in [0, 0.05) is 12.3 Å². The van der Waals surface area contributed by atoms with Gasteiger partial charge in [0.25, 0.3) is 0 Å². The molecule has 1 aromatic heterocycles. The molecule has 0 spiro atoms. The summed E-state index contributed by atoms with van der Waals surface area (Å²) in [5.74, 6) is -2.07. The molecule has 2 aromatic rings. The quantitative estimate of drug-likeness (QED) is 0.715. The van der Waals surface area contributed by atoms with Gasteiger partial charge in [0.05, 0.1) is 11.7 Å². The van der Waals surface area contributed by atoms with Crippen LogP contribution in [0, 0.1) is 5.82 Å². The van der Waals surface area contributed by atoms with Crippen LogP contribution in [0.15, 0.2) is 41.3 Å². The molecular formula is C11H6FN2O3-. The third-order valence-electron chi connectivity index (χ3n) is 2.09. The highest BCUT2D eigenvalue weighted by atomic mass is 19.1. The fraction of sp³-hybridized carbons (Fsp3) is 0. The van der Waals surface area contributed by atoms with E-state index in [9.17, 15) is 19.1 Å². The molecule has 0 aliphatic carbocycles. The van der Waals surface area contributed by atoms with Gasteiger partial charge in [0.2, 0.25) is 5.43 Å². The van der Waals surface area contributed by atoms with E-state index in [2.05, 4.69) is 5.10 Å². The maximum Gasteiger partial charge on any atom is 0.209 e. The first-order chi connectivity index (χ1) is 8.08. The molecule has 0 saturated carbocycles. The third kappa shape index (κ3) is 2.20. The van der Waals surface area contributed by atoms with Crippen LogP contribution in [0.25, 0.3) is 5.69 Å². The highest BCUT2D eigenvalue weighted by Crippen LogP contribution is 2.06. The number of halogens is 1. The first-order valence-electron chi connectivity index (χ1n) is 4.65. The second kappa shape index (κ2) is 4.17. The maximum absolute atomic E-state index is 12.7. The normalized spacial score (nSPS) is 10.2. The second-order valence-electron chi connectivity index (χ2n) is 3.24.